The Kier molecular flexibility index (Phi) is 5.64. The number of nitrogens with one attached hydrogen (secondary N) is 1. The lowest BCUT2D eigenvalue weighted by Gasteiger charge is -2.36. The third-order valence-electron chi connectivity index (χ3n) is 6.02. The molecule has 0 atom stereocenters. The first-order valence-electron chi connectivity index (χ1n) is 10.4. The van der Waals surface area contributed by atoms with Crippen LogP contribution >= 0.6 is 0 Å². The Hall–Kier alpha value is -3.03. The fourth-order valence-corrected chi connectivity index (χ4v) is 4.19. The lowest BCUT2D eigenvalue weighted by molar-refractivity contribution is -0.140. The highest BCUT2D eigenvalue weighted by Gasteiger charge is 2.34. The number of rotatable bonds is 4. The predicted molar refractivity (Wildman–Crippen MR) is 113 cm³/mol. The van der Waals surface area contributed by atoms with Crippen LogP contribution in [0.15, 0.2) is 48.7 Å². The molecule has 164 valence electrons. The van der Waals surface area contributed by atoms with Gasteiger partial charge in [0.2, 0.25) is 0 Å². The van der Waals surface area contributed by atoms with Gasteiger partial charge in [0.05, 0.1) is 0 Å². The van der Waals surface area contributed by atoms with Crippen LogP contribution in [0, 0.1) is 6.92 Å². The maximum absolute atomic E-state index is 13.1. The maximum Gasteiger partial charge on any atom is 0.434 e. The number of halogens is 3. The quantitative estimate of drug-likeness (QED) is 0.645. The Bertz CT molecular complexity index is 1070. The summed E-state index contributed by atoms with van der Waals surface area (Å²) in [6.07, 6.45) is -0.107. The minimum atomic E-state index is -4.48. The maximum atomic E-state index is 13.1. The van der Waals surface area contributed by atoms with Crippen molar-refractivity contribution < 1.29 is 18.0 Å². The van der Waals surface area contributed by atoms with Crippen LogP contribution in [-0.4, -0.2) is 34.4 Å². The Morgan fingerprint density at radius 1 is 1.10 bits per heavy atom. The summed E-state index contributed by atoms with van der Waals surface area (Å²) in [7, 11) is 1.90. The van der Waals surface area contributed by atoms with Crippen molar-refractivity contribution in [2.75, 3.05) is 11.9 Å². The zero-order valence-electron chi connectivity index (χ0n) is 17.5. The average Bonchev–Trinajstić information content (AvgIpc) is 3.19. The van der Waals surface area contributed by atoms with E-state index in [0.29, 0.717) is 11.4 Å². The molecule has 1 saturated carbocycles. The molecule has 1 N–H and O–H groups in total. The van der Waals surface area contributed by atoms with Crippen molar-refractivity contribution in [1.82, 2.24) is 14.7 Å². The van der Waals surface area contributed by atoms with Gasteiger partial charge in [-0.1, -0.05) is 23.8 Å². The number of hydrogen-bond acceptors (Lipinski definition) is 3. The molecule has 0 unspecified atom stereocenters. The molecule has 2 heterocycles. The summed E-state index contributed by atoms with van der Waals surface area (Å²) < 4.78 is 40.7. The number of anilines is 1. The van der Waals surface area contributed by atoms with Gasteiger partial charge in [0.25, 0.3) is 5.91 Å². The Balaban J connectivity index is 1.41. The van der Waals surface area contributed by atoms with Gasteiger partial charge in [-0.15, -0.1) is 0 Å². The standard InChI is InChI=1S/C23H25F3N4O/c1-15-6-8-16(9-7-15)22(31)27-17-10-12-18(13-11-17)29(2)21-5-3-4-20-28-19(14-30(20)21)23(24,25)26/h3-9,14,17-18H,10-13H2,1-2H3,(H,27,31)/t17-,18+. The van der Waals surface area contributed by atoms with Crippen molar-refractivity contribution in [3.63, 3.8) is 0 Å². The van der Waals surface area contributed by atoms with Crippen molar-refractivity contribution in [2.45, 2.75) is 50.9 Å². The molecule has 0 aliphatic heterocycles. The number of benzene rings is 1. The number of fused-ring (bicyclic) bond motifs is 1. The first-order valence-corrected chi connectivity index (χ1v) is 10.4. The van der Waals surface area contributed by atoms with Crippen LogP contribution < -0.4 is 10.2 Å². The fourth-order valence-electron chi connectivity index (χ4n) is 4.19. The first kappa shape index (κ1) is 21.2. The van der Waals surface area contributed by atoms with Gasteiger partial charge in [-0.2, -0.15) is 13.2 Å². The minimum Gasteiger partial charge on any atom is -0.358 e. The molecule has 1 aliphatic carbocycles. The van der Waals surface area contributed by atoms with E-state index in [-0.39, 0.29) is 23.6 Å². The highest BCUT2D eigenvalue weighted by molar-refractivity contribution is 5.94. The second-order valence-corrected chi connectivity index (χ2v) is 8.19. The number of amides is 1. The summed E-state index contributed by atoms with van der Waals surface area (Å²) in [6, 6.07) is 12.9. The number of hydrogen-bond donors (Lipinski definition) is 1. The van der Waals surface area contributed by atoms with Gasteiger partial charge in [-0.05, 0) is 56.9 Å². The van der Waals surface area contributed by atoms with E-state index in [4.69, 9.17) is 0 Å². The molecular weight excluding hydrogens is 405 g/mol. The molecule has 31 heavy (non-hydrogen) atoms. The highest BCUT2D eigenvalue weighted by Crippen LogP contribution is 2.31. The number of pyridine rings is 1. The van der Waals surface area contributed by atoms with Crippen LogP contribution in [0.5, 0.6) is 0 Å². The van der Waals surface area contributed by atoms with Crippen molar-refractivity contribution >= 4 is 17.4 Å². The largest absolute Gasteiger partial charge is 0.434 e. The van der Waals surface area contributed by atoms with E-state index in [9.17, 15) is 18.0 Å². The number of aromatic nitrogens is 2. The van der Waals surface area contributed by atoms with Crippen molar-refractivity contribution in [1.29, 1.82) is 0 Å². The van der Waals surface area contributed by atoms with E-state index in [1.807, 2.05) is 43.1 Å². The molecule has 4 rings (SSSR count). The molecule has 1 aromatic carbocycles. The van der Waals surface area contributed by atoms with E-state index in [2.05, 4.69) is 10.3 Å². The van der Waals surface area contributed by atoms with E-state index < -0.39 is 11.9 Å². The molecular formula is C23H25F3N4O. The smallest absolute Gasteiger partial charge is 0.358 e. The number of carbonyl (C=O) groups is 1. The summed E-state index contributed by atoms with van der Waals surface area (Å²) >= 11 is 0. The summed E-state index contributed by atoms with van der Waals surface area (Å²) in [5.41, 5.74) is 1.14. The number of nitrogens with zero attached hydrogens (tertiary/aromatic N) is 3. The first-order chi connectivity index (χ1) is 14.7. The SMILES string of the molecule is Cc1ccc(C(=O)N[C@H]2CC[C@@H](N(C)c3cccc4nc(C(F)(F)F)cn34)CC2)cc1. The Morgan fingerprint density at radius 2 is 1.77 bits per heavy atom. The number of aryl methyl sites for hydroxylation is 1. The molecule has 0 spiro atoms. The monoisotopic (exact) mass is 430 g/mol. The fraction of sp³-hybridized carbons (Fsp3) is 0.391. The van der Waals surface area contributed by atoms with E-state index in [1.165, 1.54) is 4.40 Å². The highest BCUT2D eigenvalue weighted by atomic mass is 19.4. The molecule has 5 nitrogen and oxygen atoms in total. The average molecular weight is 430 g/mol. The van der Waals surface area contributed by atoms with E-state index in [0.717, 1.165) is 37.4 Å². The van der Waals surface area contributed by atoms with Crippen molar-refractivity contribution in [3.05, 3.63) is 65.5 Å². The van der Waals surface area contributed by atoms with Gasteiger partial charge in [-0.3, -0.25) is 9.20 Å². The second kappa shape index (κ2) is 8.24. The van der Waals surface area contributed by atoms with Crippen molar-refractivity contribution in [3.8, 4) is 0 Å². The number of imidazole rings is 1. The molecule has 1 aliphatic rings. The molecule has 0 saturated heterocycles. The lowest BCUT2D eigenvalue weighted by Crippen LogP contribution is -2.43. The second-order valence-electron chi connectivity index (χ2n) is 8.19. The van der Waals surface area contributed by atoms with Gasteiger partial charge < -0.3 is 10.2 Å². The minimum absolute atomic E-state index is 0.0698. The third kappa shape index (κ3) is 4.52. The van der Waals surface area contributed by atoms with Crippen LogP contribution in [0.4, 0.5) is 19.0 Å². The molecule has 3 aromatic rings. The van der Waals surface area contributed by atoms with Gasteiger partial charge in [-0.25, -0.2) is 4.98 Å². The topological polar surface area (TPSA) is 49.6 Å². The van der Waals surface area contributed by atoms with Crippen LogP contribution in [0.2, 0.25) is 0 Å². The summed E-state index contributed by atoms with van der Waals surface area (Å²) in [6.45, 7) is 1.98. The molecule has 1 amide bonds. The van der Waals surface area contributed by atoms with Gasteiger partial charge >= 0.3 is 6.18 Å². The number of alkyl halides is 3. The summed E-state index contributed by atoms with van der Waals surface area (Å²) in [5, 5.41) is 3.11. The van der Waals surface area contributed by atoms with Crippen LogP contribution in [0.25, 0.3) is 5.65 Å². The molecule has 2 aromatic heterocycles. The molecule has 8 heteroatoms. The third-order valence-corrected chi connectivity index (χ3v) is 6.02. The molecule has 0 bridgehead atoms. The molecule has 1 fully saturated rings. The lowest BCUT2D eigenvalue weighted by atomic mass is 9.90. The van der Waals surface area contributed by atoms with Crippen LogP contribution in [0.1, 0.15) is 47.3 Å². The number of carbonyl (C=O) groups excluding carboxylic acids is 1. The van der Waals surface area contributed by atoms with E-state index >= 15 is 0 Å². The van der Waals surface area contributed by atoms with E-state index in [1.54, 1.807) is 18.2 Å². The predicted octanol–water partition coefficient (Wildman–Crippen LogP) is 4.84. The Labute approximate surface area is 178 Å². The normalized spacial score (nSPS) is 19.4. The zero-order valence-corrected chi connectivity index (χ0v) is 17.5. The van der Waals surface area contributed by atoms with Crippen molar-refractivity contribution in [2.24, 2.45) is 0 Å². The Morgan fingerprint density at radius 3 is 2.42 bits per heavy atom. The van der Waals surface area contributed by atoms with Crippen LogP contribution in [0.3, 0.4) is 0 Å². The van der Waals surface area contributed by atoms with Gasteiger partial charge in [0, 0.05) is 30.9 Å². The summed E-state index contributed by atoms with van der Waals surface area (Å²) in [5.74, 6) is 0.604. The van der Waals surface area contributed by atoms with Gasteiger partial charge in [0.15, 0.2) is 5.69 Å². The molecule has 0 radical (unpaired) electrons. The van der Waals surface area contributed by atoms with Gasteiger partial charge in [0.1, 0.15) is 11.5 Å². The zero-order chi connectivity index (χ0) is 22.2. The van der Waals surface area contributed by atoms with Crippen LogP contribution in [-0.2, 0) is 6.18 Å². The summed E-state index contributed by atoms with van der Waals surface area (Å²) in [4.78, 5) is 18.2.